The minimum absolute atomic E-state index is 0. The molecule has 0 spiro atoms. The zero-order chi connectivity index (χ0) is 6.57. The van der Waals surface area contributed by atoms with Crippen molar-refractivity contribution in [2.75, 3.05) is 0 Å². The minimum atomic E-state index is 0. The van der Waals surface area contributed by atoms with E-state index in [2.05, 4.69) is 24.1 Å². The minimum Gasteiger partial charge on any atom is -0.359 e. The van der Waals surface area contributed by atoms with Crippen molar-refractivity contribution in [3.63, 3.8) is 0 Å². The Kier molecular flexibility index (Phi) is 415. The third-order valence-electron chi connectivity index (χ3n) is 0.391. The van der Waals surface area contributed by atoms with E-state index < -0.39 is 0 Å². The Balaban J connectivity index is -0.00000000269. The molecule has 108 valence electrons. The first kappa shape index (κ1) is 106. The first-order valence-corrected chi connectivity index (χ1v) is 2.35. The quantitative estimate of drug-likeness (QED) is 0.219. The van der Waals surface area contributed by atoms with Crippen LogP contribution in [-0.2, 0) is 327 Å². The van der Waals surface area contributed by atoms with Gasteiger partial charge in [-0.05, 0) is 0 Å². The van der Waals surface area contributed by atoms with E-state index in [0.717, 1.165) is 0 Å². The summed E-state index contributed by atoms with van der Waals surface area (Å²) in [4.78, 5) is 0. The maximum atomic E-state index is 3.66. The van der Waals surface area contributed by atoms with Gasteiger partial charge in [0.05, 0.1) is 0 Å². The molecule has 0 fully saturated rings. The van der Waals surface area contributed by atoms with Crippen molar-refractivity contribution in [3.05, 3.63) is 43.6 Å². The van der Waals surface area contributed by atoms with E-state index in [1.807, 2.05) is 0 Å². The van der Waals surface area contributed by atoms with Crippen molar-refractivity contribution in [1.82, 2.24) is 0 Å². The van der Waals surface area contributed by atoms with E-state index in [9.17, 15) is 0 Å². The zero-order valence-corrected chi connectivity index (χ0v) is 43.5. The molecule has 0 aromatic rings. The first-order chi connectivity index (χ1) is 3.63. The van der Waals surface area contributed by atoms with Gasteiger partial charge in [-0.15, -0.1) is 11.4 Å². The van der Waals surface area contributed by atoms with Crippen LogP contribution in [0.25, 0.3) is 0 Å². The zero-order valence-electron chi connectivity index (χ0n) is 15.1. The Labute approximate surface area is 394 Å². The molecule has 0 aliphatic rings. The van der Waals surface area contributed by atoms with Gasteiger partial charge in [-0.3, -0.25) is 0 Å². The maximum Gasteiger partial charge on any atom is 0 e. The maximum absolute atomic E-state index is 3.66. The van der Waals surface area contributed by atoms with Crippen molar-refractivity contribution in [3.8, 4) is 0 Å². The van der Waals surface area contributed by atoms with E-state index in [1.54, 1.807) is 13.8 Å². The molecule has 12 heteroatoms. The van der Waals surface area contributed by atoms with Gasteiger partial charge in [0.25, 0.3) is 0 Å². The molecule has 0 saturated carbocycles. The largest absolute Gasteiger partial charge is 0.359 e. The summed E-state index contributed by atoms with van der Waals surface area (Å²) >= 11 is 0. The Morgan fingerprint density at radius 1 is 0.455 bits per heavy atom. The van der Waals surface area contributed by atoms with Crippen molar-refractivity contribution >= 4 is 11.4 Å². The smallest absolute Gasteiger partial charge is 0 e. The van der Waals surface area contributed by atoms with Gasteiger partial charge in [-0.25, -0.2) is 0 Å². The molecule has 0 heterocycles. The number of hydrogen-bond donors (Lipinski definition) is 0. The van der Waals surface area contributed by atoms with Crippen LogP contribution in [0.4, 0.5) is 0 Å². The molecular weight excluding hydrogens is 1040 g/mol. The van der Waals surface area contributed by atoms with Gasteiger partial charge in [-0.2, -0.15) is 10.2 Å². The summed E-state index contributed by atoms with van der Waals surface area (Å²) in [6, 6.07) is 0. The van der Waals surface area contributed by atoms with Crippen LogP contribution in [-0.4, -0.2) is 11.4 Å². The molecule has 0 aromatic heterocycles. The fourth-order valence-corrected chi connectivity index (χ4v) is 0.171. The molecule has 0 unspecified atom stereocenters. The Morgan fingerprint density at radius 2 is 0.545 bits per heavy atom. The third kappa shape index (κ3) is 112. The predicted molar refractivity (Wildman–Crippen MR) is 62.6 cm³/mol. The van der Waals surface area contributed by atoms with Gasteiger partial charge in [0, 0.05) is 327 Å². The summed E-state index contributed by atoms with van der Waals surface area (Å²) in [7, 11) is 0. The summed E-state index contributed by atoms with van der Waals surface area (Å²) in [5, 5.41) is 7.31. The van der Waals surface area contributed by atoms with Crippen molar-refractivity contribution in [2.24, 2.45) is 10.2 Å². The third-order valence-corrected chi connectivity index (χ3v) is 0.391. The van der Waals surface area contributed by atoms with Crippen LogP contribution < -0.4 is 0 Å². The van der Waals surface area contributed by atoms with E-state index >= 15 is 0 Å². The van der Waals surface area contributed by atoms with Crippen molar-refractivity contribution < 1.29 is 327 Å². The Morgan fingerprint density at radius 3 is 0.591 bits per heavy atom. The Hall–Kier alpha value is 10.1. The second kappa shape index (κ2) is 86.0. The van der Waals surface area contributed by atoms with E-state index in [1.165, 1.54) is 0 Å². The summed E-state index contributed by atoms with van der Waals surface area (Å²) in [6.07, 6.45) is 0. The molecular formula is C10H22N2Y10-6. The van der Waals surface area contributed by atoms with Crippen LogP contribution >= 0.6 is 0 Å². The molecule has 0 aromatic carbocycles. The monoisotopic (exact) mass is 1060 g/mol. The summed E-state index contributed by atoms with van der Waals surface area (Å²) < 4.78 is 0. The van der Waals surface area contributed by atoms with Crippen molar-refractivity contribution in [2.45, 2.75) is 13.8 Å². The fraction of sp³-hybridized carbons (Fsp3) is 0.200. The van der Waals surface area contributed by atoms with Gasteiger partial charge < -0.3 is 43.6 Å². The average molecular weight is 1060 g/mol. The van der Waals surface area contributed by atoms with Crippen LogP contribution in [0, 0.1) is 43.6 Å². The summed E-state index contributed by atoms with van der Waals surface area (Å²) in [6.45, 7) is 10.6. The molecule has 0 rings (SSSR count). The van der Waals surface area contributed by atoms with Gasteiger partial charge in [0.15, 0.2) is 0 Å². The van der Waals surface area contributed by atoms with E-state index in [0.29, 0.717) is 11.4 Å². The predicted octanol–water partition coefficient (Wildman–Crippen LogP) is 3.27. The van der Waals surface area contributed by atoms with Crippen molar-refractivity contribution in [1.29, 1.82) is 0 Å². The second-order valence-corrected chi connectivity index (χ2v) is 1.67. The second-order valence-electron chi connectivity index (χ2n) is 1.67. The molecule has 0 amide bonds. The number of nitrogens with zero attached hydrogens (tertiary/aromatic N) is 2. The SMILES string of the molecule is [CH2-]/C(C)=N/N=C(/[CH2-])C.[CH3-].[CH3-].[CH3-].[CH3-].[Y].[Y].[Y].[Y].[Y].[Y].[Y].[Y].[Y].[Y]. The standard InChI is InChI=1S/C6H10N2.4CH3.10Y/c1-5(2)7-8-6(3)4;;;;;;;;;;;;;;/h1,3H2,2,4H3;4*1H3;;;;;;;;;;/q-2;4*-1;;;;;;;;;;/b7-5-,8-6-;;;;;;;;;;;;;;. The molecule has 10 radical (unpaired) electrons. The van der Waals surface area contributed by atoms with Crippen LogP contribution in [0.5, 0.6) is 0 Å². The molecule has 0 atom stereocenters. The summed E-state index contributed by atoms with van der Waals surface area (Å²) in [5.74, 6) is 0. The van der Waals surface area contributed by atoms with Gasteiger partial charge in [0.1, 0.15) is 0 Å². The first-order valence-electron chi connectivity index (χ1n) is 2.35. The van der Waals surface area contributed by atoms with Gasteiger partial charge >= 0.3 is 0 Å². The summed E-state index contributed by atoms with van der Waals surface area (Å²) in [5.41, 5.74) is 1.40. The van der Waals surface area contributed by atoms with Gasteiger partial charge in [-0.1, -0.05) is 13.8 Å². The van der Waals surface area contributed by atoms with E-state index in [-0.39, 0.29) is 357 Å². The normalized spacial score (nSPS) is 5.18. The molecule has 0 aliphatic heterocycles. The Bertz CT molecular complexity index is 122. The van der Waals surface area contributed by atoms with E-state index in [4.69, 9.17) is 0 Å². The average Bonchev–Trinajstić information content (AvgIpc) is 1.61. The van der Waals surface area contributed by atoms with Gasteiger partial charge in [0.2, 0.25) is 0 Å². The van der Waals surface area contributed by atoms with Crippen LogP contribution in [0.2, 0.25) is 0 Å². The number of rotatable bonds is 1. The molecule has 22 heavy (non-hydrogen) atoms. The molecule has 0 bridgehead atoms. The number of hydrogen-bond acceptors (Lipinski definition) is 2. The van der Waals surface area contributed by atoms with Crippen LogP contribution in [0.15, 0.2) is 10.2 Å². The molecule has 0 saturated heterocycles. The topological polar surface area (TPSA) is 24.7 Å². The molecule has 0 N–H and O–H groups in total. The van der Waals surface area contributed by atoms with Crippen LogP contribution in [0.3, 0.4) is 0 Å². The molecule has 0 aliphatic carbocycles. The fourth-order valence-electron chi connectivity index (χ4n) is 0.171. The molecule has 2 nitrogen and oxygen atoms in total. The van der Waals surface area contributed by atoms with Crippen LogP contribution in [0.1, 0.15) is 13.8 Å².